The van der Waals surface area contributed by atoms with Crippen LogP contribution in [-0.4, -0.2) is 24.5 Å². The summed E-state index contributed by atoms with van der Waals surface area (Å²) in [7, 11) is 0. The molecule has 92 valence electrons. The molecule has 2 rings (SSSR count). The van der Waals surface area contributed by atoms with Gasteiger partial charge in [0.2, 0.25) is 5.91 Å². The highest BCUT2D eigenvalue weighted by atomic mass is 16.2. The van der Waals surface area contributed by atoms with Crippen molar-refractivity contribution in [3.05, 3.63) is 0 Å². The first kappa shape index (κ1) is 11.9. The maximum atomic E-state index is 12.0. The topological polar surface area (TPSA) is 41.1 Å². The standard InChI is InChI=1S/C13H24N2O/c16-13(12-9-5-6-10-14-12)15-11-7-3-1-2-4-8-11/h11-12,14H,1-10H2,(H,15,16). The molecular formula is C13H24N2O. The lowest BCUT2D eigenvalue weighted by Gasteiger charge is -2.25. The number of nitrogens with one attached hydrogen (secondary N) is 2. The quantitative estimate of drug-likeness (QED) is 0.704. The number of amides is 1. The second-order valence-electron chi connectivity index (χ2n) is 5.20. The fourth-order valence-corrected chi connectivity index (χ4v) is 2.80. The van der Waals surface area contributed by atoms with Gasteiger partial charge in [-0.05, 0) is 32.2 Å². The molecule has 3 nitrogen and oxygen atoms in total. The van der Waals surface area contributed by atoms with Crippen LogP contribution in [0.15, 0.2) is 0 Å². The zero-order valence-electron chi connectivity index (χ0n) is 10.1. The molecule has 1 saturated carbocycles. The molecule has 0 radical (unpaired) electrons. The minimum atomic E-state index is 0.0806. The van der Waals surface area contributed by atoms with Gasteiger partial charge in [0.15, 0.2) is 0 Å². The van der Waals surface area contributed by atoms with E-state index in [1.54, 1.807) is 0 Å². The van der Waals surface area contributed by atoms with Crippen LogP contribution in [0.25, 0.3) is 0 Å². The van der Waals surface area contributed by atoms with Crippen LogP contribution in [0, 0.1) is 0 Å². The van der Waals surface area contributed by atoms with E-state index in [0.717, 1.165) is 13.0 Å². The molecule has 0 spiro atoms. The van der Waals surface area contributed by atoms with Gasteiger partial charge in [0.05, 0.1) is 6.04 Å². The SMILES string of the molecule is O=C(NC1CCCCCC1)C1CCCCN1. The van der Waals surface area contributed by atoms with Gasteiger partial charge in [-0.3, -0.25) is 4.79 Å². The highest BCUT2D eigenvalue weighted by Gasteiger charge is 2.23. The third kappa shape index (κ3) is 3.48. The summed E-state index contributed by atoms with van der Waals surface area (Å²) >= 11 is 0. The molecule has 2 N–H and O–H groups in total. The molecule has 0 aromatic carbocycles. The van der Waals surface area contributed by atoms with Crippen LogP contribution in [-0.2, 0) is 4.79 Å². The van der Waals surface area contributed by atoms with E-state index in [4.69, 9.17) is 0 Å². The molecule has 1 unspecified atom stereocenters. The fourth-order valence-electron chi connectivity index (χ4n) is 2.80. The van der Waals surface area contributed by atoms with Crippen LogP contribution in [0.2, 0.25) is 0 Å². The van der Waals surface area contributed by atoms with Crippen LogP contribution >= 0.6 is 0 Å². The van der Waals surface area contributed by atoms with Gasteiger partial charge < -0.3 is 10.6 Å². The smallest absolute Gasteiger partial charge is 0.237 e. The van der Waals surface area contributed by atoms with Gasteiger partial charge >= 0.3 is 0 Å². The number of hydrogen-bond acceptors (Lipinski definition) is 2. The molecule has 1 saturated heterocycles. The lowest BCUT2D eigenvalue weighted by atomic mass is 10.0. The van der Waals surface area contributed by atoms with Gasteiger partial charge in [-0.25, -0.2) is 0 Å². The van der Waals surface area contributed by atoms with Crippen LogP contribution in [0.3, 0.4) is 0 Å². The van der Waals surface area contributed by atoms with Crippen molar-refractivity contribution in [3.8, 4) is 0 Å². The van der Waals surface area contributed by atoms with Crippen molar-refractivity contribution in [1.82, 2.24) is 10.6 Å². The molecule has 1 atom stereocenters. The average Bonchev–Trinajstić information content (AvgIpc) is 2.59. The predicted molar refractivity (Wildman–Crippen MR) is 65.3 cm³/mol. The van der Waals surface area contributed by atoms with Gasteiger partial charge in [-0.15, -0.1) is 0 Å². The Morgan fingerprint density at radius 3 is 2.25 bits per heavy atom. The first-order valence-corrected chi connectivity index (χ1v) is 6.90. The first-order chi connectivity index (χ1) is 7.86. The minimum absolute atomic E-state index is 0.0806. The molecule has 16 heavy (non-hydrogen) atoms. The molecule has 1 aliphatic carbocycles. The Bertz CT molecular complexity index is 216. The van der Waals surface area contributed by atoms with Crippen molar-refractivity contribution >= 4 is 5.91 Å². The van der Waals surface area contributed by atoms with E-state index in [1.165, 1.54) is 51.4 Å². The third-order valence-electron chi connectivity index (χ3n) is 3.83. The maximum Gasteiger partial charge on any atom is 0.237 e. The number of hydrogen-bond donors (Lipinski definition) is 2. The van der Waals surface area contributed by atoms with Gasteiger partial charge in [-0.2, -0.15) is 0 Å². The molecule has 2 aliphatic rings. The number of carbonyl (C=O) groups is 1. The Morgan fingerprint density at radius 2 is 1.62 bits per heavy atom. The van der Waals surface area contributed by atoms with Gasteiger partial charge in [-0.1, -0.05) is 32.1 Å². The summed E-state index contributed by atoms with van der Waals surface area (Å²) in [5.74, 6) is 0.242. The van der Waals surface area contributed by atoms with E-state index in [-0.39, 0.29) is 11.9 Å². The van der Waals surface area contributed by atoms with Gasteiger partial charge in [0, 0.05) is 6.04 Å². The Labute approximate surface area is 98.4 Å². The Balaban J connectivity index is 1.76. The lowest BCUT2D eigenvalue weighted by Crippen LogP contribution is -2.49. The molecule has 3 heteroatoms. The van der Waals surface area contributed by atoms with E-state index >= 15 is 0 Å². The average molecular weight is 224 g/mol. The van der Waals surface area contributed by atoms with Crippen molar-refractivity contribution in [2.45, 2.75) is 69.9 Å². The summed E-state index contributed by atoms with van der Waals surface area (Å²) in [6, 6.07) is 0.524. The highest BCUT2D eigenvalue weighted by Crippen LogP contribution is 2.17. The fraction of sp³-hybridized carbons (Fsp3) is 0.923. The van der Waals surface area contributed by atoms with Crippen LogP contribution in [0.4, 0.5) is 0 Å². The van der Waals surface area contributed by atoms with Crippen molar-refractivity contribution in [1.29, 1.82) is 0 Å². The number of rotatable bonds is 2. The second-order valence-corrected chi connectivity index (χ2v) is 5.20. The van der Waals surface area contributed by atoms with E-state index in [9.17, 15) is 4.79 Å². The van der Waals surface area contributed by atoms with Crippen LogP contribution in [0.5, 0.6) is 0 Å². The molecule has 1 aliphatic heterocycles. The van der Waals surface area contributed by atoms with Crippen molar-refractivity contribution < 1.29 is 4.79 Å². The summed E-state index contributed by atoms with van der Waals surface area (Å²) < 4.78 is 0. The Morgan fingerprint density at radius 1 is 0.938 bits per heavy atom. The summed E-state index contributed by atoms with van der Waals surface area (Å²) in [6.07, 6.45) is 11.0. The largest absolute Gasteiger partial charge is 0.352 e. The summed E-state index contributed by atoms with van der Waals surface area (Å²) in [5.41, 5.74) is 0. The third-order valence-corrected chi connectivity index (χ3v) is 3.83. The highest BCUT2D eigenvalue weighted by molar-refractivity contribution is 5.82. The number of piperidine rings is 1. The van der Waals surface area contributed by atoms with Gasteiger partial charge in [0.25, 0.3) is 0 Å². The van der Waals surface area contributed by atoms with Crippen LogP contribution in [0.1, 0.15) is 57.8 Å². The van der Waals surface area contributed by atoms with E-state index < -0.39 is 0 Å². The number of carbonyl (C=O) groups excluding carboxylic acids is 1. The zero-order valence-corrected chi connectivity index (χ0v) is 10.1. The predicted octanol–water partition coefficient (Wildman–Crippen LogP) is 1.97. The van der Waals surface area contributed by atoms with Crippen molar-refractivity contribution in [2.24, 2.45) is 0 Å². The first-order valence-electron chi connectivity index (χ1n) is 6.90. The van der Waals surface area contributed by atoms with Gasteiger partial charge in [0.1, 0.15) is 0 Å². The molecule has 2 fully saturated rings. The van der Waals surface area contributed by atoms with E-state index in [2.05, 4.69) is 10.6 Å². The van der Waals surface area contributed by atoms with Crippen molar-refractivity contribution in [3.63, 3.8) is 0 Å². The normalized spacial score (nSPS) is 28.4. The maximum absolute atomic E-state index is 12.0. The lowest BCUT2D eigenvalue weighted by molar-refractivity contribution is -0.124. The van der Waals surface area contributed by atoms with E-state index in [0.29, 0.717) is 6.04 Å². The van der Waals surface area contributed by atoms with E-state index in [1.807, 2.05) is 0 Å². The molecule has 1 amide bonds. The molecule has 0 aromatic heterocycles. The zero-order chi connectivity index (χ0) is 11.2. The summed E-state index contributed by atoms with van der Waals surface area (Å²) in [6.45, 7) is 1.00. The van der Waals surface area contributed by atoms with Crippen LogP contribution < -0.4 is 10.6 Å². The minimum Gasteiger partial charge on any atom is -0.352 e. The molecule has 0 bridgehead atoms. The van der Waals surface area contributed by atoms with Crippen molar-refractivity contribution in [2.75, 3.05) is 6.54 Å². The second kappa shape index (κ2) is 6.24. The molecule has 0 aromatic rings. The summed E-state index contributed by atoms with van der Waals surface area (Å²) in [4.78, 5) is 12.0. The Kier molecular flexibility index (Phi) is 4.64. The summed E-state index contributed by atoms with van der Waals surface area (Å²) in [5, 5.41) is 6.54. The Hall–Kier alpha value is -0.570. The molecular weight excluding hydrogens is 200 g/mol. The molecule has 1 heterocycles. The monoisotopic (exact) mass is 224 g/mol.